The Balaban J connectivity index is 1.62. The summed E-state index contributed by atoms with van der Waals surface area (Å²) in [5, 5.41) is 14.1. The first-order valence-electron chi connectivity index (χ1n) is 8.53. The van der Waals surface area contributed by atoms with Crippen LogP contribution < -0.4 is 10.2 Å². The molecular weight excluding hydrogens is 332 g/mol. The van der Waals surface area contributed by atoms with Crippen molar-refractivity contribution in [2.45, 2.75) is 18.9 Å². The fraction of sp³-hybridized carbons (Fsp3) is 0.333. The third kappa shape index (κ3) is 2.99. The van der Waals surface area contributed by atoms with Crippen LogP contribution in [-0.4, -0.2) is 46.8 Å². The number of pyridine rings is 2. The summed E-state index contributed by atoms with van der Waals surface area (Å²) in [5.74, 6) is 0.875. The maximum atomic E-state index is 11.7. The van der Waals surface area contributed by atoms with Crippen LogP contribution in [0.1, 0.15) is 12.8 Å². The minimum absolute atomic E-state index is 0.0569. The second-order valence-corrected chi connectivity index (χ2v) is 6.22. The molecule has 8 nitrogen and oxygen atoms in total. The number of nitrogens with one attached hydrogen (secondary N) is 2. The monoisotopic (exact) mass is 350 g/mol. The van der Waals surface area contributed by atoms with Crippen molar-refractivity contribution >= 4 is 33.7 Å². The Morgan fingerprint density at radius 2 is 2.38 bits per heavy atom. The molecule has 0 radical (unpaired) electrons. The molecule has 2 N–H and O–H groups in total. The average molecular weight is 350 g/mol. The summed E-state index contributed by atoms with van der Waals surface area (Å²) in [6, 6.07) is 5.82. The predicted octanol–water partition coefficient (Wildman–Crippen LogP) is 2.33. The van der Waals surface area contributed by atoms with Gasteiger partial charge in [0.05, 0.1) is 12.6 Å². The van der Waals surface area contributed by atoms with E-state index in [1.54, 1.807) is 6.20 Å². The van der Waals surface area contributed by atoms with Crippen LogP contribution in [0.3, 0.4) is 0 Å². The van der Waals surface area contributed by atoms with E-state index in [0.717, 1.165) is 47.0 Å². The smallest absolute Gasteiger partial charge is 0.408 e. The number of anilines is 1. The molecule has 1 aliphatic rings. The largest absolute Gasteiger partial charge is 0.444 e. The Kier molecular flexibility index (Phi) is 4.27. The summed E-state index contributed by atoms with van der Waals surface area (Å²) in [7, 11) is 0. The third-order valence-corrected chi connectivity index (χ3v) is 4.55. The molecule has 0 aliphatic carbocycles. The summed E-state index contributed by atoms with van der Waals surface area (Å²) >= 11 is 0. The van der Waals surface area contributed by atoms with Crippen molar-refractivity contribution in [3.8, 4) is 6.07 Å². The topological polar surface area (TPSA) is 107 Å². The molecule has 4 heterocycles. The second kappa shape index (κ2) is 6.88. The zero-order chi connectivity index (χ0) is 17.9. The molecule has 132 valence electrons. The number of aromatic amines is 1. The number of piperidine rings is 1. The summed E-state index contributed by atoms with van der Waals surface area (Å²) in [5.41, 5.74) is 0.826. The van der Waals surface area contributed by atoms with Crippen LogP contribution in [0.15, 0.2) is 30.7 Å². The van der Waals surface area contributed by atoms with Crippen LogP contribution in [0.25, 0.3) is 21.8 Å². The highest BCUT2D eigenvalue weighted by atomic mass is 16.6. The molecule has 0 saturated carbocycles. The maximum absolute atomic E-state index is 11.7. The minimum atomic E-state index is -0.554. The second-order valence-electron chi connectivity index (χ2n) is 6.22. The van der Waals surface area contributed by atoms with Crippen molar-refractivity contribution < 1.29 is 9.53 Å². The normalized spacial score (nSPS) is 17.2. The highest BCUT2D eigenvalue weighted by molar-refractivity contribution is 6.10. The van der Waals surface area contributed by atoms with Crippen LogP contribution >= 0.6 is 0 Å². The van der Waals surface area contributed by atoms with E-state index in [2.05, 4.69) is 25.2 Å². The number of hydrogen-bond acceptors (Lipinski definition) is 6. The van der Waals surface area contributed by atoms with Gasteiger partial charge in [-0.05, 0) is 25.0 Å². The lowest BCUT2D eigenvalue weighted by atomic mass is 10.1. The lowest BCUT2D eigenvalue weighted by molar-refractivity contribution is 0.0892. The van der Waals surface area contributed by atoms with E-state index < -0.39 is 6.09 Å². The van der Waals surface area contributed by atoms with Crippen molar-refractivity contribution in [2.24, 2.45) is 0 Å². The molecule has 1 unspecified atom stereocenters. The van der Waals surface area contributed by atoms with Gasteiger partial charge in [-0.1, -0.05) is 0 Å². The van der Waals surface area contributed by atoms with Gasteiger partial charge >= 0.3 is 6.09 Å². The number of fused-ring (bicyclic) bond motifs is 3. The Morgan fingerprint density at radius 3 is 3.27 bits per heavy atom. The molecule has 0 bridgehead atoms. The van der Waals surface area contributed by atoms with Gasteiger partial charge in [-0.15, -0.1) is 0 Å². The number of alkyl carbamates (subject to hydrolysis) is 1. The van der Waals surface area contributed by atoms with Crippen LogP contribution in [-0.2, 0) is 4.74 Å². The van der Waals surface area contributed by atoms with Gasteiger partial charge in [0, 0.05) is 41.3 Å². The lowest BCUT2D eigenvalue weighted by Gasteiger charge is -2.33. The number of H-pyrrole nitrogens is 1. The summed E-state index contributed by atoms with van der Waals surface area (Å²) in [4.78, 5) is 26.1. The minimum Gasteiger partial charge on any atom is -0.444 e. The number of ether oxygens (including phenoxy) is 1. The summed E-state index contributed by atoms with van der Waals surface area (Å²) in [6.45, 7) is 1.36. The summed E-state index contributed by atoms with van der Waals surface area (Å²) < 4.78 is 5.44. The molecular formula is C18H18N6O2. The average Bonchev–Trinajstić information content (AvgIpc) is 3.15. The van der Waals surface area contributed by atoms with Crippen LogP contribution in [0.5, 0.6) is 0 Å². The van der Waals surface area contributed by atoms with Crippen LogP contribution in [0.4, 0.5) is 10.6 Å². The molecule has 0 aromatic carbocycles. The first-order chi connectivity index (χ1) is 12.8. The van der Waals surface area contributed by atoms with E-state index >= 15 is 0 Å². The van der Waals surface area contributed by atoms with Gasteiger partial charge in [-0.2, -0.15) is 5.26 Å². The Hall–Kier alpha value is -3.34. The van der Waals surface area contributed by atoms with Gasteiger partial charge in [-0.3, -0.25) is 0 Å². The molecule has 1 atom stereocenters. The van der Waals surface area contributed by atoms with E-state index in [1.165, 1.54) is 0 Å². The van der Waals surface area contributed by atoms with Crippen molar-refractivity contribution in [3.05, 3.63) is 30.7 Å². The Labute approximate surface area is 149 Å². The quantitative estimate of drug-likeness (QED) is 0.702. The number of carbonyl (C=O) groups excluding carboxylic acids is 1. The molecule has 26 heavy (non-hydrogen) atoms. The van der Waals surface area contributed by atoms with Gasteiger partial charge in [0.2, 0.25) is 0 Å². The zero-order valence-electron chi connectivity index (χ0n) is 14.1. The number of carbonyl (C=O) groups is 1. The molecule has 1 amide bonds. The molecule has 8 heteroatoms. The molecule has 4 rings (SSSR count). The first-order valence-corrected chi connectivity index (χ1v) is 8.53. The fourth-order valence-electron chi connectivity index (χ4n) is 3.42. The van der Waals surface area contributed by atoms with Crippen LogP contribution in [0, 0.1) is 11.3 Å². The van der Waals surface area contributed by atoms with Crippen molar-refractivity contribution in [2.75, 3.05) is 24.5 Å². The van der Waals surface area contributed by atoms with Crippen molar-refractivity contribution in [1.82, 2.24) is 20.3 Å². The van der Waals surface area contributed by atoms with Gasteiger partial charge in [0.15, 0.2) is 0 Å². The number of aromatic nitrogens is 3. The van der Waals surface area contributed by atoms with Gasteiger partial charge in [-0.25, -0.2) is 14.8 Å². The number of amides is 1. The number of hydrogen-bond donors (Lipinski definition) is 2. The highest BCUT2D eigenvalue weighted by Crippen LogP contribution is 2.32. The van der Waals surface area contributed by atoms with E-state index in [-0.39, 0.29) is 12.6 Å². The van der Waals surface area contributed by atoms with E-state index in [1.807, 2.05) is 30.6 Å². The van der Waals surface area contributed by atoms with E-state index in [4.69, 9.17) is 10.00 Å². The first kappa shape index (κ1) is 16.1. The molecule has 0 spiro atoms. The molecule has 3 aromatic heterocycles. The van der Waals surface area contributed by atoms with Crippen LogP contribution in [0.2, 0.25) is 0 Å². The van der Waals surface area contributed by atoms with Gasteiger partial charge in [0.25, 0.3) is 0 Å². The molecule has 1 aliphatic heterocycles. The Morgan fingerprint density at radius 1 is 1.46 bits per heavy atom. The van der Waals surface area contributed by atoms with Crippen molar-refractivity contribution in [1.29, 1.82) is 5.26 Å². The standard InChI is InChI=1S/C18H18N6O2/c19-5-8-22-18(25)26-13-2-1-9-24(11-13)17-15-12(3-6-21-17)10-23-16-14(15)4-7-20-16/h3-4,6-7,10,13H,1-2,8-9,11H2,(H,20,23)(H,22,25). The lowest BCUT2D eigenvalue weighted by Crippen LogP contribution is -2.42. The molecule has 1 saturated heterocycles. The number of rotatable bonds is 3. The molecule has 3 aromatic rings. The van der Waals surface area contributed by atoms with Crippen molar-refractivity contribution in [3.63, 3.8) is 0 Å². The third-order valence-electron chi connectivity index (χ3n) is 4.55. The maximum Gasteiger partial charge on any atom is 0.408 e. The number of nitrogens with zero attached hydrogens (tertiary/aromatic N) is 4. The van der Waals surface area contributed by atoms with Gasteiger partial charge in [0.1, 0.15) is 24.1 Å². The molecule has 1 fully saturated rings. The van der Waals surface area contributed by atoms with E-state index in [9.17, 15) is 4.79 Å². The summed E-state index contributed by atoms with van der Waals surface area (Å²) in [6.07, 6.45) is 6.40. The zero-order valence-corrected chi connectivity index (χ0v) is 14.1. The highest BCUT2D eigenvalue weighted by Gasteiger charge is 2.25. The Bertz CT molecular complexity index is 992. The fourth-order valence-corrected chi connectivity index (χ4v) is 3.42. The SMILES string of the molecule is N#CCNC(=O)OC1CCCN(c2nccc3cnc4[nH]ccc4c23)C1. The van der Waals surface area contributed by atoms with E-state index in [0.29, 0.717) is 6.54 Å². The number of nitriles is 1. The van der Waals surface area contributed by atoms with Gasteiger partial charge < -0.3 is 19.9 Å². The predicted molar refractivity (Wildman–Crippen MR) is 96.7 cm³/mol.